The lowest BCUT2D eigenvalue weighted by atomic mass is 9.96. The summed E-state index contributed by atoms with van der Waals surface area (Å²) in [5.41, 5.74) is -0.201. The van der Waals surface area contributed by atoms with Gasteiger partial charge < -0.3 is 15.2 Å². The summed E-state index contributed by atoms with van der Waals surface area (Å²) >= 11 is 11.7. The van der Waals surface area contributed by atoms with Crippen molar-refractivity contribution in [3.05, 3.63) is 33.8 Å². The van der Waals surface area contributed by atoms with Crippen LogP contribution in [0.5, 0.6) is 0 Å². The first-order valence-electron chi connectivity index (χ1n) is 6.45. The molecule has 1 fully saturated rings. The van der Waals surface area contributed by atoms with Crippen molar-refractivity contribution in [3.63, 3.8) is 0 Å². The number of amides is 1. The molecule has 0 aliphatic carbocycles. The van der Waals surface area contributed by atoms with E-state index in [1.54, 1.807) is 25.1 Å². The molecule has 1 amide bonds. The molecule has 20 heavy (non-hydrogen) atoms. The highest BCUT2D eigenvalue weighted by Crippen LogP contribution is 2.25. The van der Waals surface area contributed by atoms with Gasteiger partial charge in [0, 0.05) is 19.6 Å². The molecule has 2 N–H and O–H groups in total. The van der Waals surface area contributed by atoms with Crippen molar-refractivity contribution in [3.8, 4) is 0 Å². The largest absolute Gasteiger partial charge is 0.385 e. The number of carbonyl (C=O) groups is 1. The summed E-state index contributed by atoms with van der Waals surface area (Å²) < 4.78 is 5.31. The van der Waals surface area contributed by atoms with Crippen LogP contribution in [0.3, 0.4) is 0 Å². The van der Waals surface area contributed by atoms with Crippen LogP contribution in [-0.2, 0) is 16.0 Å². The van der Waals surface area contributed by atoms with Gasteiger partial charge in [-0.05, 0) is 24.6 Å². The van der Waals surface area contributed by atoms with Crippen molar-refractivity contribution in [1.82, 2.24) is 5.32 Å². The monoisotopic (exact) mass is 317 g/mol. The second kappa shape index (κ2) is 6.31. The Morgan fingerprint density at radius 1 is 1.50 bits per heavy atom. The van der Waals surface area contributed by atoms with Crippen molar-refractivity contribution in [1.29, 1.82) is 0 Å². The minimum atomic E-state index is -0.979. The molecule has 1 heterocycles. The third-order valence-electron chi connectivity index (χ3n) is 3.60. The summed E-state index contributed by atoms with van der Waals surface area (Å²) in [7, 11) is 0. The Morgan fingerprint density at radius 3 is 2.85 bits per heavy atom. The van der Waals surface area contributed by atoms with Gasteiger partial charge in [-0.2, -0.15) is 0 Å². The van der Waals surface area contributed by atoms with E-state index in [1.165, 1.54) is 0 Å². The number of benzene rings is 1. The molecule has 110 valence electrons. The van der Waals surface area contributed by atoms with Crippen LogP contribution in [0.15, 0.2) is 18.2 Å². The van der Waals surface area contributed by atoms with Crippen LogP contribution >= 0.6 is 23.2 Å². The van der Waals surface area contributed by atoms with Crippen molar-refractivity contribution in [2.45, 2.75) is 31.5 Å². The number of carbonyl (C=O) groups excluding carboxylic acids is 1. The van der Waals surface area contributed by atoms with E-state index in [2.05, 4.69) is 5.32 Å². The van der Waals surface area contributed by atoms with Crippen LogP contribution in [0, 0.1) is 0 Å². The second-order valence-electron chi connectivity index (χ2n) is 5.07. The topological polar surface area (TPSA) is 58.6 Å². The third kappa shape index (κ3) is 3.64. The molecule has 2 rings (SSSR count). The van der Waals surface area contributed by atoms with Gasteiger partial charge in [0.25, 0.3) is 0 Å². The Labute approximate surface area is 128 Å². The van der Waals surface area contributed by atoms with Gasteiger partial charge >= 0.3 is 0 Å². The number of ether oxygens (including phenoxy) is 1. The zero-order valence-corrected chi connectivity index (χ0v) is 12.7. The van der Waals surface area contributed by atoms with E-state index < -0.39 is 5.60 Å². The number of hydrogen-bond acceptors (Lipinski definition) is 3. The van der Waals surface area contributed by atoms with Crippen molar-refractivity contribution >= 4 is 29.1 Å². The fourth-order valence-corrected chi connectivity index (χ4v) is 2.47. The summed E-state index contributed by atoms with van der Waals surface area (Å²) in [6.07, 6.45) is 0.455. The third-order valence-corrected chi connectivity index (χ3v) is 4.34. The molecule has 1 aliphatic heterocycles. The van der Waals surface area contributed by atoms with Crippen molar-refractivity contribution in [2.75, 3.05) is 13.2 Å². The van der Waals surface area contributed by atoms with Crippen molar-refractivity contribution in [2.24, 2.45) is 0 Å². The smallest absolute Gasteiger partial charge is 0.224 e. The van der Waals surface area contributed by atoms with Crippen LogP contribution < -0.4 is 5.32 Å². The van der Waals surface area contributed by atoms with Gasteiger partial charge in [0.1, 0.15) is 5.60 Å². The molecule has 6 heteroatoms. The molecule has 1 aliphatic rings. The Balaban J connectivity index is 1.88. The fraction of sp³-hybridized carbons (Fsp3) is 0.500. The Morgan fingerprint density at radius 2 is 2.25 bits per heavy atom. The van der Waals surface area contributed by atoms with E-state index in [4.69, 9.17) is 27.9 Å². The lowest BCUT2D eigenvalue weighted by molar-refractivity contribution is -0.122. The highest BCUT2D eigenvalue weighted by atomic mass is 35.5. The predicted molar refractivity (Wildman–Crippen MR) is 78.2 cm³/mol. The molecule has 0 aromatic heterocycles. The molecule has 0 radical (unpaired) electrons. The summed E-state index contributed by atoms with van der Waals surface area (Å²) in [6, 6.07) is 5.08. The van der Waals surface area contributed by atoms with E-state index in [1.807, 2.05) is 0 Å². The SMILES string of the molecule is CC1OCCC1(O)CNC(=O)Cc1ccc(Cl)c(Cl)c1. The maximum Gasteiger partial charge on any atom is 0.224 e. The highest BCUT2D eigenvalue weighted by Gasteiger charge is 2.39. The molecule has 1 aromatic rings. The van der Waals surface area contributed by atoms with Crippen molar-refractivity contribution < 1.29 is 14.6 Å². The van der Waals surface area contributed by atoms with Gasteiger partial charge in [0.05, 0.1) is 22.6 Å². The number of halogens is 2. The van der Waals surface area contributed by atoms with Gasteiger partial charge in [-0.25, -0.2) is 0 Å². The Kier molecular flexibility index (Phi) is 4.91. The second-order valence-corrected chi connectivity index (χ2v) is 5.88. The summed E-state index contributed by atoms with van der Waals surface area (Å²) in [4.78, 5) is 11.9. The standard InChI is InChI=1S/C14H17Cl2NO3/c1-9-14(19,4-5-20-9)8-17-13(18)7-10-2-3-11(15)12(16)6-10/h2-3,6,9,19H,4-5,7-8H2,1H3,(H,17,18). The normalized spacial score (nSPS) is 25.7. The van der Waals surface area contributed by atoms with Gasteiger partial charge in [0.15, 0.2) is 0 Å². The summed E-state index contributed by atoms with van der Waals surface area (Å²) in [5.74, 6) is -0.170. The van der Waals surface area contributed by atoms with Gasteiger partial charge in [-0.3, -0.25) is 4.79 Å². The Hall–Kier alpha value is -0.810. The predicted octanol–water partition coefficient (Wildman–Crippen LogP) is 2.19. The van der Waals surface area contributed by atoms with Gasteiger partial charge in [-0.1, -0.05) is 29.3 Å². The van der Waals surface area contributed by atoms with Crippen LogP contribution in [0.1, 0.15) is 18.9 Å². The van der Waals surface area contributed by atoms with Crippen LogP contribution in [0.2, 0.25) is 10.0 Å². The first-order valence-corrected chi connectivity index (χ1v) is 7.21. The molecule has 1 aromatic carbocycles. The molecule has 0 spiro atoms. The molecular formula is C14H17Cl2NO3. The maximum atomic E-state index is 11.9. The van der Waals surface area contributed by atoms with Crippen LogP contribution in [0.25, 0.3) is 0 Å². The zero-order chi connectivity index (χ0) is 14.8. The average molecular weight is 318 g/mol. The highest BCUT2D eigenvalue weighted by molar-refractivity contribution is 6.42. The molecular weight excluding hydrogens is 301 g/mol. The lowest BCUT2D eigenvalue weighted by Crippen LogP contribution is -2.47. The molecule has 2 unspecified atom stereocenters. The molecule has 4 nitrogen and oxygen atoms in total. The van der Waals surface area contributed by atoms with E-state index in [0.717, 1.165) is 5.56 Å². The minimum Gasteiger partial charge on any atom is -0.385 e. The number of hydrogen-bond donors (Lipinski definition) is 2. The maximum absolute atomic E-state index is 11.9. The summed E-state index contributed by atoms with van der Waals surface area (Å²) in [5, 5.41) is 13.9. The fourth-order valence-electron chi connectivity index (χ4n) is 2.15. The molecule has 0 saturated carbocycles. The minimum absolute atomic E-state index is 0.170. The summed E-state index contributed by atoms with van der Waals surface area (Å²) in [6.45, 7) is 2.51. The van der Waals surface area contributed by atoms with Gasteiger partial charge in [0.2, 0.25) is 5.91 Å². The van der Waals surface area contributed by atoms with E-state index in [9.17, 15) is 9.90 Å². The van der Waals surface area contributed by atoms with E-state index in [0.29, 0.717) is 23.1 Å². The molecule has 0 bridgehead atoms. The van der Waals surface area contributed by atoms with E-state index >= 15 is 0 Å². The first-order chi connectivity index (χ1) is 9.40. The molecule has 2 atom stereocenters. The Bertz CT molecular complexity index is 509. The quantitative estimate of drug-likeness (QED) is 0.895. The zero-order valence-electron chi connectivity index (χ0n) is 11.2. The first kappa shape index (κ1) is 15.6. The number of nitrogens with one attached hydrogen (secondary N) is 1. The molecule has 1 saturated heterocycles. The van der Waals surface area contributed by atoms with Crippen LogP contribution in [-0.4, -0.2) is 35.9 Å². The number of aliphatic hydroxyl groups is 1. The van der Waals surface area contributed by atoms with Crippen LogP contribution in [0.4, 0.5) is 0 Å². The lowest BCUT2D eigenvalue weighted by Gasteiger charge is -2.26. The number of rotatable bonds is 4. The van der Waals surface area contributed by atoms with E-state index in [-0.39, 0.29) is 25.0 Å². The average Bonchev–Trinajstić information content (AvgIpc) is 2.72. The van der Waals surface area contributed by atoms with Gasteiger partial charge in [-0.15, -0.1) is 0 Å².